The minimum absolute atomic E-state index is 0.253. The first kappa shape index (κ1) is 18.8. The van der Waals surface area contributed by atoms with E-state index in [-0.39, 0.29) is 17.6 Å². The van der Waals surface area contributed by atoms with Gasteiger partial charge < -0.3 is 9.47 Å². The molecule has 1 heterocycles. The molecule has 0 spiro atoms. The van der Waals surface area contributed by atoms with Crippen molar-refractivity contribution in [1.82, 2.24) is 4.90 Å². The van der Waals surface area contributed by atoms with Crippen molar-refractivity contribution in [2.24, 2.45) is 0 Å². The van der Waals surface area contributed by atoms with Gasteiger partial charge in [0, 0.05) is 0 Å². The van der Waals surface area contributed by atoms with Crippen LogP contribution in [0.3, 0.4) is 0 Å². The molecule has 2 amide bonds. The standard InChI is InChI=1S/C18H19NO5S/c1-4-8-23-14-7-5-6-13(9-14)10-15-17(21)19(18(22)25-15)11-16(20)24-12(2)3/h4-7,9-10,12H,1,8,11H2,2-3H3/b15-10+. The Morgan fingerprint density at radius 1 is 1.36 bits per heavy atom. The highest BCUT2D eigenvalue weighted by Crippen LogP contribution is 2.32. The molecule has 6 nitrogen and oxygen atoms in total. The Labute approximate surface area is 150 Å². The fourth-order valence-electron chi connectivity index (χ4n) is 2.07. The first-order valence-corrected chi connectivity index (χ1v) is 8.51. The highest BCUT2D eigenvalue weighted by atomic mass is 32.2. The minimum Gasteiger partial charge on any atom is -0.490 e. The maximum atomic E-state index is 12.4. The fraction of sp³-hybridized carbons (Fsp3) is 0.278. The third kappa shape index (κ3) is 5.22. The molecule has 2 rings (SSSR count). The van der Waals surface area contributed by atoms with Crippen LogP contribution in [-0.4, -0.2) is 41.3 Å². The van der Waals surface area contributed by atoms with Gasteiger partial charge in [0.05, 0.1) is 11.0 Å². The molecule has 0 aromatic heterocycles. The summed E-state index contributed by atoms with van der Waals surface area (Å²) in [6.07, 6.45) is 2.93. The number of imide groups is 1. The Kier molecular flexibility index (Phi) is 6.41. The van der Waals surface area contributed by atoms with Gasteiger partial charge in [0.25, 0.3) is 11.1 Å². The summed E-state index contributed by atoms with van der Waals surface area (Å²) in [5.74, 6) is -0.486. The lowest BCUT2D eigenvalue weighted by molar-refractivity contribution is -0.149. The van der Waals surface area contributed by atoms with Gasteiger partial charge in [-0.1, -0.05) is 24.8 Å². The molecule has 0 atom stereocenters. The van der Waals surface area contributed by atoms with Crippen LogP contribution >= 0.6 is 11.8 Å². The Morgan fingerprint density at radius 2 is 2.12 bits per heavy atom. The van der Waals surface area contributed by atoms with Gasteiger partial charge in [-0.3, -0.25) is 19.3 Å². The zero-order valence-corrected chi connectivity index (χ0v) is 14.9. The summed E-state index contributed by atoms with van der Waals surface area (Å²) in [5.41, 5.74) is 0.719. The molecule has 0 bridgehead atoms. The number of benzene rings is 1. The van der Waals surface area contributed by atoms with E-state index in [4.69, 9.17) is 9.47 Å². The normalized spacial score (nSPS) is 15.8. The molecular weight excluding hydrogens is 342 g/mol. The molecule has 0 radical (unpaired) electrons. The number of hydrogen-bond acceptors (Lipinski definition) is 6. The van der Waals surface area contributed by atoms with E-state index in [2.05, 4.69) is 6.58 Å². The number of carbonyl (C=O) groups excluding carboxylic acids is 3. The van der Waals surface area contributed by atoms with Gasteiger partial charge in [-0.2, -0.15) is 0 Å². The van der Waals surface area contributed by atoms with Crippen molar-refractivity contribution < 1.29 is 23.9 Å². The molecule has 1 fully saturated rings. The lowest BCUT2D eigenvalue weighted by atomic mass is 10.2. The highest BCUT2D eigenvalue weighted by Gasteiger charge is 2.36. The van der Waals surface area contributed by atoms with Crippen LogP contribution < -0.4 is 4.74 Å². The molecule has 1 aliphatic rings. The number of thioether (sulfide) groups is 1. The second-order valence-corrected chi connectivity index (χ2v) is 6.47. The van der Waals surface area contributed by atoms with Crippen LogP contribution in [0.1, 0.15) is 19.4 Å². The molecule has 0 N–H and O–H groups in total. The van der Waals surface area contributed by atoms with Crippen LogP contribution in [0.5, 0.6) is 5.75 Å². The van der Waals surface area contributed by atoms with E-state index in [1.807, 2.05) is 0 Å². The largest absolute Gasteiger partial charge is 0.490 e. The average molecular weight is 361 g/mol. The lowest BCUT2D eigenvalue weighted by Gasteiger charge is -2.13. The van der Waals surface area contributed by atoms with Gasteiger partial charge in [-0.05, 0) is 49.4 Å². The lowest BCUT2D eigenvalue weighted by Crippen LogP contribution is -2.35. The van der Waals surface area contributed by atoms with E-state index >= 15 is 0 Å². The van der Waals surface area contributed by atoms with Gasteiger partial charge in [0.1, 0.15) is 18.9 Å². The van der Waals surface area contributed by atoms with Crippen molar-refractivity contribution in [3.63, 3.8) is 0 Å². The third-order valence-electron chi connectivity index (χ3n) is 3.05. The van der Waals surface area contributed by atoms with E-state index in [1.54, 1.807) is 50.3 Å². The number of esters is 1. The van der Waals surface area contributed by atoms with Gasteiger partial charge in [-0.25, -0.2) is 0 Å². The molecule has 132 valence electrons. The molecule has 0 unspecified atom stereocenters. The van der Waals surface area contributed by atoms with Crippen LogP contribution in [0, 0.1) is 0 Å². The number of rotatable bonds is 7. The summed E-state index contributed by atoms with van der Waals surface area (Å²) in [6, 6.07) is 7.12. The van der Waals surface area contributed by atoms with Crippen molar-refractivity contribution in [3.8, 4) is 5.75 Å². The Morgan fingerprint density at radius 3 is 2.80 bits per heavy atom. The summed E-state index contributed by atoms with van der Waals surface area (Å²) < 4.78 is 10.4. The molecule has 1 aromatic carbocycles. The summed E-state index contributed by atoms with van der Waals surface area (Å²) >= 11 is 0.795. The van der Waals surface area contributed by atoms with Crippen LogP contribution in [0.25, 0.3) is 6.08 Å². The number of amides is 2. The summed E-state index contributed by atoms with van der Waals surface area (Å²) in [7, 11) is 0. The van der Waals surface area contributed by atoms with Crippen molar-refractivity contribution in [2.75, 3.05) is 13.2 Å². The summed E-state index contributed by atoms with van der Waals surface area (Å²) in [4.78, 5) is 37.2. The van der Waals surface area contributed by atoms with E-state index in [0.717, 1.165) is 22.2 Å². The smallest absolute Gasteiger partial charge is 0.326 e. The SMILES string of the molecule is C=CCOc1cccc(/C=C2/SC(=O)N(CC(=O)OC(C)C)C2=O)c1. The molecular formula is C18H19NO5S. The molecule has 1 aromatic rings. The monoisotopic (exact) mass is 361 g/mol. The maximum Gasteiger partial charge on any atom is 0.326 e. The first-order chi connectivity index (χ1) is 11.9. The van der Waals surface area contributed by atoms with Crippen molar-refractivity contribution in [1.29, 1.82) is 0 Å². The van der Waals surface area contributed by atoms with Crippen molar-refractivity contribution in [2.45, 2.75) is 20.0 Å². The molecule has 1 saturated heterocycles. The van der Waals surface area contributed by atoms with E-state index < -0.39 is 17.1 Å². The fourth-order valence-corrected chi connectivity index (χ4v) is 2.90. The number of carbonyl (C=O) groups is 3. The minimum atomic E-state index is -0.613. The number of nitrogens with zero attached hydrogens (tertiary/aromatic N) is 1. The molecule has 0 aliphatic carbocycles. The molecule has 0 saturated carbocycles. The third-order valence-corrected chi connectivity index (χ3v) is 3.96. The molecule has 7 heteroatoms. The summed E-state index contributed by atoms with van der Waals surface area (Å²) in [5, 5.41) is -0.490. The average Bonchev–Trinajstić information content (AvgIpc) is 2.80. The second kappa shape index (κ2) is 8.53. The molecule has 25 heavy (non-hydrogen) atoms. The predicted molar refractivity (Wildman–Crippen MR) is 96.0 cm³/mol. The Balaban J connectivity index is 2.11. The van der Waals surface area contributed by atoms with E-state index in [1.165, 1.54) is 0 Å². The highest BCUT2D eigenvalue weighted by molar-refractivity contribution is 8.18. The van der Waals surface area contributed by atoms with E-state index in [0.29, 0.717) is 12.4 Å². The van der Waals surface area contributed by atoms with Crippen LogP contribution in [0.15, 0.2) is 41.8 Å². The molecule has 1 aliphatic heterocycles. The topological polar surface area (TPSA) is 72.9 Å². The Hall–Kier alpha value is -2.54. The Bertz CT molecular complexity index is 726. The second-order valence-electron chi connectivity index (χ2n) is 5.48. The van der Waals surface area contributed by atoms with Gasteiger partial charge >= 0.3 is 5.97 Å². The van der Waals surface area contributed by atoms with E-state index in [9.17, 15) is 14.4 Å². The van der Waals surface area contributed by atoms with Crippen molar-refractivity contribution >= 4 is 35.0 Å². The predicted octanol–water partition coefficient (Wildman–Crippen LogP) is 3.24. The van der Waals surface area contributed by atoms with Gasteiger partial charge in [-0.15, -0.1) is 0 Å². The number of ether oxygens (including phenoxy) is 2. The van der Waals surface area contributed by atoms with Crippen LogP contribution in [0.4, 0.5) is 4.79 Å². The van der Waals surface area contributed by atoms with Crippen LogP contribution in [0.2, 0.25) is 0 Å². The quantitative estimate of drug-likeness (QED) is 0.422. The summed E-state index contributed by atoms with van der Waals surface area (Å²) in [6.45, 7) is 6.97. The zero-order valence-electron chi connectivity index (χ0n) is 14.1. The van der Waals surface area contributed by atoms with Crippen molar-refractivity contribution in [3.05, 3.63) is 47.4 Å². The maximum absolute atomic E-state index is 12.4. The first-order valence-electron chi connectivity index (χ1n) is 7.69. The van der Waals surface area contributed by atoms with Gasteiger partial charge in [0.2, 0.25) is 0 Å². The van der Waals surface area contributed by atoms with Gasteiger partial charge in [0.15, 0.2) is 0 Å². The number of hydrogen-bond donors (Lipinski definition) is 0. The van der Waals surface area contributed by atoms with Crippen LogP contribution in [-0.2, 0) is 14.3 Å². The zero-order chi connectivity index (χ0) is 18.4.